The molecule has 11 heteroatoms. The molecule has 0 aliphatic carbocycles. The molecule has 0 bridgehead atoms. The van der Waals surface area contributed by atoms with Crippen molar-refractivity contribution in [2.75, 3.05) is 18.5 Å². The monoisotopic (exact) mass is 388 g/mol. The first-order valence-electron chi connectivity index (χ1n) is 7.30. The van der Waals surface area contributed by atoms with Gasteiger partial charge < -0.3 is 10.1 Å². The van der Waals surface area contributed by atoms with Crippen molar-refractivity contribution < 1.29 is 22.3 Å². The van der Waals surface area contributed by atoms with Crippen LogP contribution in [0.2, 0.25) is 0 Å². The van der Waals surface area contributed by atoms with Crippen LogP contribution in [0.5, 0.6) is 5.75 Å². The third kappa shape index (κ3) is 5.73. The van der Waals surface area contributed by atoms with E-state index in [0.717, 1.165) is 11.3 Å². The number of carbonyl (C=O) groups is 1. The number of hydrogen-bond donors (Lipinski definition) is 2. The molecule has 136 valence electrons. The van der Waals surface area contributed by atoms with E-state index in [1.165, 1.54) is 24.3 Å². The lowest BCUT2D eigenvalue weighted by Gasteiger charge is -2.06. The van der Waals surface area contributed by atoms with Crippen LogP contribution < -0.4 is 14.8 Å². The second kappa shape index (κ2) is 8.32. The Morgan fingerprint density at radius 3 is 2.60 bits per heavy atom. The minimum absolute atomic E-state index is 0.00697. The van der Waals surface area contributed by atoms with Crippen molar-refractivity contribution in [3.8, 4) is 5.75 Å². The summed E-state index contributed by atoms with van der Waals surface area (Å²) in [6.07, 6.45) is 0. The maximum Gasteiger partial charge on any atom is 0.269 e. The molecule has 0 atom stereocenters. The highest BCUT2D eigenvalue weighted by molar-refractivity contribution is 7.91. The first kappa shape index (κ1) is 19.2. The summed E-state index contributed by atoms with van der Waals surface area (Å²) in [7, 11) is -3.85. The number of halogens is 1. The molecule has 0 aliphatic heterocycles. The average molecular weight is 388 g/mol. The maximum absolute atomic E-state index is 12.8. The van der Waals surface area contributed by atoms with E-state index in [4.69, 9.17) is 4.74 Å². The van der Waals surface area contributed by atoms with Gasteiger partial charge in [0.1, 0.15) is 18.2 Å². The fourth-order valence-electron chi connectivity index (χ4n) is 1.56. The number of hydrogen-bond acceptors (Lipinski definition) is 7. The molecule has 1 aromatic heterocycles. The van der Waals surface area contributed by atoms with Gasteiger partial charge in [0, 0.05) is 12.5 Å². The molecule has 1 amide bonds. The minimum atomic E-state index is -3.85. The van der Waals surface area contributed by atoms with Gasteiger partial charge in [0.15, 0.2) is 0 Å². The number of amides is 1. The fourth-order valence-corrected chi connectivity index (χ4v) is 3.51. The zero-order chi connectivity index (χ0) is 18.4. The van der Waals surface area contributed by atoms with Crippen LogP contribution in [0.25, 0.3) is 0 Å². The predicted octanol–water partition coefficient (Wildman–Crippen LogP) is 1.63. The Morgan fingerprint density at radius 2 is 1.96 bits per heavy atom. The van der Waals surface area contributed by atoms with Crippen molar-refractivity contribution in [2.24, 2.45) is 5.92 Å². The molecule has 0 saturated heterocycles. The number of nitrogens with one attached hydrogen (secondary N) is 2. The molecule has 0 unspecified atom stereocenters. The normalized spacial score (nSPS) is 11.5. The Bertz CT molecular complexity index is 822. The number of benzene rings is 1. The third-order valence-corrected chi connectivity index (χ3v) is 5.53. The van der Waals surface area contributed by atoms with Crippen molar-refractivity contribution in [3.63, 3.8) is 0 Å². The van der Waals surface area contributed by atoms with Crippen molar-refractivity contribution in [2.45, 2.75) is 18.2 Å². The van der Waals surface area contributed by atoms with Crippen LogP contribution >= 0.6 is 11.3 Å². The second-order valence-electron chi connectivity index (χ2n) is 5.22. The van der Waals surface area contributed by atoms with Crippen LogP contribution in [-0.2, 0) is 14.8 Å². The summed E-state index contributed by atoms with van der Waals surface area (Å²) in [5.74, 6) is -0.494. The summed E-state index contributed by atoms with van der Waals surface area (Å²) in [6.45, 7) is 3.46. The summed E-state index contributed by atoms with van der Waals surface area (Å²) in [5.41, 5.74) is 0. The van der Waals surface area contributed by atoms with Gasteiger partial charge >= 0.3 is 0 Å². The van der Waals surface area contributed by atoms with E-state index in [1.54, 1.807) is 13.8 Å². The van der Waals surface area contributed by atoms with Crippen molar-refractivity contribution in [1.82, 2.24) is 14.9 Å². The van der Waals surface area contributed by atoms with Gasteiger partial charge in [-0.3, -0.25) is 4.79 Å². The average Bonchev–Trinajstić information content (AvgIpc) is 3.02. The first-order valence-corrected chi connectivity index (χ1v) is 9.60. The molecule has 1 aromatic carbocycles. The summed E-state index contributed by atoms with van der Waals surface area (Å²) in [4.78, 5) is 11.6. The largest absolute Gasteiger partial charge is 0.492 e. The number of anilines is 1. The number of nitrogens with zero attached hydrogens (tertiary/aromatic N) is 2. The molecule has 1 heterocycles. The SMILES string of the molecule is CC(C)C(=O)Nc1nnc(S(=O)(=O)NCCOc2ccc(F)cc2)s1. The lowest BCUT2D eigenvalue weighted by Crippen LogP contribution is -2.28. The Kier molecular flexibility index (Phi) is 6.39. The van der Waals surface area contributed by atoms with E-state index in [0.29, 0.717) is 5.75 Å². The molecule has 0 fully saturated rings. The molecule has 0 radical (unpaired) electrons. The van der Waals surface area contributed by atoms with E-state index in [2.05, 4.69) is 20.2 Å². The molecule has 0 spiro atoms. The number of rotatable bonds is 8. The lowest BCUT2D eigenvalue weighted by atomic mass is 10.2. The van der Waals surface area contributed by atoms with Crippen LogP contribution in [-0.4, -0.2) is 37.7 Å². The first-order chi connectivity index (χ1) is 11.8. The molecule has 2 rings (SSSR count). The van der Waals surface area contributed by atoms with Gasteiger partial charge in [0.05, 0.1) is 0 Å². The van der Waals surface area contributed by atoms with Crippen LogP contribution in [0.4, 0.5) is 9.52 Å². The van der Waals surface area contributed by atoms with Crippen LogP contribution in [0.1, 0.15) is 13.8 Å². The van der Waals surface area contributed by atoms with Crippen LogP contribution in [0.15, 0.2) is 28.6 Å². The highest BCUT2D eigenvalue weighted by atomic mass is 32.2. The van der Waals surface area contributed by atoms with Crippen molar-refractivity contribution in [1.29, 1.82) is 0 Å². The predicted molar refractivity (Wildman–Crippen MR) is 90.5 cm³/mol. The summed E-state index contributed by atoms with van der Waals surface area (Å²) >= 11 is 0.754. The van der Waals surface area contributed by atoms with Gasteiger partial charge in [-0.15, -0.1) is 10.2 Å². The van der Waals surface area contributed by atoms with Crippen LogP contribution in [0, 0.1) is 11.7 Å². The lowest BCUT2D eigenvalue weighted by molar-refractivity contribution is -0.118. The van der Waals surface area contributed by atoms with Gasteiger partial charge in [-0.2, -0.15) is 0 Å². The van der Waals surface area contributed by atoms with E-state index in [9.17, 15) is 17.6 Å². The van der Waals surface area contributed by atoms with E-state index >= 15 is 0 Å². The van der Waals surface area contributed by atoms with Gasteiger partial charge in [-0.1, -0.05) is 25.2 Å². The zero-order valence-corrected chi connectivity index (χ0v) is 15.2. The molecular weight excluding hydrogens is 371 g/mol. The minimum Gasteiger partial charge on any atom is -0.492 e. The Morgan fingerprint density at radius 1 is 1.28 bits per heavy atom. The number of carbonyl (C=O) groups excluding carboxylic acids is 1. The van der Waals surface area contributed by atoms with Gasteiger partial charge in [0.2, 0.25) is 15.4 Å². The Balaban J connectivity index is 1.85. The molecule has 2 N–H and O–H groups in total. The molecule has 0 saturated carbocycles. The number of ether oxygens (including phenoxy) is 1. The van der Waals surface area contributed by atoms with Crippen molar-refractivity contribution in [3.05, 3.63) is 30.1 Å². The Hall–Kier alpha value is -2.11. The molecule has 8 nitrogen and oxygen atoms in total. The number of sulfonamides is 1. The van der Waals surface area contributed by atoms with Crippen LogP contribution in [0.3, 0.4) is 0 Å². The molecule has 0 aliphatic rings. The standard InChI is InChI=1S/C14H17FN4O4S2/c1-9(2)12(20)17-13-18-19-14(24-13)25(21,22)16-7-8-23-11-5-3-10(15)4-6-11/h3-6,9,16H,7-8H2,1-2H3,(H,17,18,20). The summed E-state index contributed by atoms with van der Waals surface area (Å²) < 4.78 is 44.3. The maximum atomic E-state index is 12.8. The Labute approximate surface area is 148 Å². The van der Waals surface area contributed by atoms with Crippen molar-refractivity contribution >= 4 is 32.4 Å². The molecule has 2 aromatic rings. The number of aromatic nitrogens is 2. The quantitative estimate of drug-likeness (QED) is 0.525. The van der Waals surface area contributed by atoms with E-state index < -0.39 is 10.0 Å². The zero-order valence-electron chi connectivity index (χ0n) is 13.5. The summed E-state index contributed by atoms with van der Waals surface area (Å²) in [6, 6.07) is 5.37. The third-order valence-electron chi connectivity index (χ3n) is 2.87. The molecule has 25 heavy (non-hydrogen) atoms. The van der Waals surface area contributed by atoms with Gasteiger partial charge in [-0.25, -0.2) is 17.5 Å². The second-order valence-corrected chi connectivity index (χ2v) is 8.14. The highest BCUT2D eigenvalue weighted by Gasteiger charge is 2.21. The van der Waals surface area contributed by atoms with Gasteiger partial charge in [0.25, 0.3) is 10.0 Å². The summed E-state index contributed by atoms with van der Waals surface area (Å²) in [5, 5.41) is 9.81. The topological polar surface area (TPSA) is 110 Å². The highest BCUT2D eigenvalue weighted by Crippen LogP contribution is 2.20. The van der Waals surface area contributed by atoms with E-state index in [-0.39, 0.29) is 40.3 Å². The fraction of sp³-hybridized carbons (Fsp3) is 0.357. The van der Waals surface area contributed by atoms with Gasteiger partial charge in [-0.05, 0) is 24.3 Å². The smallest absolute Gasteiger partial charge is 0.269 e. The molecular formula is C14H17FN4O4S2. The van der Waals surface area contributed by atoms with E-state index in [1.807, 2.05) is 0 Å².